The summed E-state index contributed by atoms with van der Waals surface area (Å²) in [5.74, 6) is 0.695. The number of nitrogens with one attached hydrogen (secondary N) is 1. The number of hydrogen-bond acceptors (Lipinski definition) is 3. The first kappa shape index (κ1) is 8.69. The third-order valence-corrected chi connectivity index (χ3v) is 2.76. The predicted molar refractivity (Wildman–Crippen MR) is 43.9 cm³/mol. The Morgan fingerprint density at radius 3 is 3.20 bits per heavy atom. The summed E-state index contributed by atoms with van der Waals surface area (Å²) >= 11 is 5.57. The van der Waals surface area contributed by atoms with Crippen LogP contribution in [0.5, 0.6) is 0 Å². The molecule has 1 aliphatic rings. The molecule has 2 atom stereocenters. The minimum absolute atomic E-state index is 0.474. The molecule has 5 heteroatoms. The highest BCUT2D eigenvalue weighted by molar-refractivity contribution is 7.47. The Morgan fingerprint density at radius 1 is 1.80 bits per heavy atom. The van der Waals surface area contributed by atoms with Crippen LogP contribution in [0, 0.1) is 0 Å². The van der Waals surface area contributed by atoms with Gasteiger partial charge < -0.3 is 4.52 Å². The van der Waals surface area contributed by atoms with Crippen LogP contribution >= 0.6 is 20.1 Å². The Balaban J connectivity index is 2.18. The van der Waals surface area contributed by atoms with Gasteiger partial charge in [0, 0.05) is 11.9 Å². The molecule has 0 aromatic carbocycles. The summed E-state index contributed by atoms with van der Waals surface area (Å²) in [6.45, 7) is 0.775. The van der Waals surface area contributed by atoms with E-state index in [1.54, 1.807) is 0 Å². The molecule has 3 nitrogen and oxygen atoms in total. The van der Waals surface area contributed by atoms with Gasteiger partial charge in [0.15, 0.2) is 8.45 Å². The SMILES string of the molecule is NP1NC(CCCl)CCO1. The fraction of sp³-hybridized carbons (Fsp3) is 1.00. The minimum Gasteiger partial charge on any atom is -0.332 e. The molecule has 1 aliphatic heterocycles. The van der Waals surface area contributed by atoms with Crippen LogP contribution in [0.15, 0.2) is 0 Å². The van der Waals surface area contributed by atoms with E-state index in [0.717, 1.165) is 19.4 Å². The van der Waals surface area contributed by atoms with Gasteiger partial charge in [0.2, 0.25) is 0 Å². The van der Waals surface area contributed by atoms with E-state index in [2.05, 4.69) is 5.09 Å². The molecule has 1 saturated heterocycles. The molecular weight excluding hydrogens is 170 g/mol. The van der Waals surface area contributed by atoms with Crippen LogP contribution in [-0.2, 0) is 4.52 Å². The second kappa shape index (κ2) is 4.47. The molecule has 0 aromatic rings. The molecule has 1 heterocycles. The summed E-state index contributed by atoms with van der Waals surface area (Å²) in [7, 11) is -0.851. The number of alkyl halides is 1. The second-order valence-corrected chi connectivity index (χ2v) is 3.80. The standard InChI is InChI=1S/C5H12ClN2OP/c6-3-1-5-2-4-9-10(7)8-5/h5,8H,1-4,7H2. The summed E-state index contributed by atoms with van der Waals surface area (Å²) < 4.78 is 5.14. The van der Waals surface area contributed by atoms with E-state index >= 15 is 0 Å². The molecule has 0 spiro atoms. The maximum Gasteiger partial charge on any atom is 0.179 e. The van der Waals surface area contributed by atoms with E-state index < -0.39 is 8.45 Å². The van der Waals surface area contributed by atoms with Gasteiger partial charge in [-0.25, -0.2) is 0 Å². The van der Waals surface area contributed by atoms with Gasteiger partial charge >= 0.3 is 0 Å². The van der Waals surface area contributed by atoms with Crippen LogP contribution < -0.4 is 10.6 Å². The van der Waals surface area contributed by atoms with Crippen LogP contribution in [0.25, 0.3) is 0 Å². The highest BCUT2D eigenvalue weighted by atomic mass is 35.5. The highest BCUT2D eigenvalue weighted by Gasteiger charge is 2.17. The van der Waals surface area contributed by atoms with Gasteiger partial charge in [-0.05, 0) is 12.8 Å². The zero-order valence-corrected chi connectivity index (χ0v) is 7.37. The molecule has 10 heavy (non-hydrogen) atoms. The van der Waals surface area contributed by atoms with Crippen LogP contribution in [0.1, 0.15) is 12.8 Å². The zero-order chi connectivity index (χ0) is 7.40. The first-order chi connectivity index (χ1) is 4.83. The van der Waals surface area contributed by atoms with Gasteiger partial charge in [-0.15, -0.1) is 11.6 Å². The lowest BCUT2D eigenvalue weighted by Gasteiger charge is -2.27. The summed E-state index contributed by atoms with van der Waals surface area (Å²) in [6, 6.07) is 0.474. The summed E-state index contributed by atoms with van der Waals surface area (Å²) in [5, 5.41) is 3.15. The second-order valence-electron chi connectivity index (χ2n) is 2.25. The Kier molecular flexibility index (Phi) is 3.89. The average Bonchev–Trinajstić information content (AvgIpc) is 1.88. The van der Waals surface area contributed by atoms with E-state index in [4.69, 9.17) is 21.6 Å². The maximum absolute atomic E-state index is 5.57. The first-order valence-corrected chi connectivity index (χ1v) is 5.19. The van der Waals surface area contributed by atoms with Gasteiger partial charge in [-0.1, -0.05) is 0 Å². The molecular formula is C5H12ClN2OP. The molecule has 2 unspecified atom stereocenters. The van der Waals surface area contributed by atoms with Crippen LogP contribution in [0.2, 0.25) is 0 Å². The Morgan fingerprint density at radius 2 is 2.60 bits per heavy atom. The Bertz CT molecular complexity index is 104. The number of rotatable bonds is 2. The van der Waals surface area contributed by atoms with Crippen molar-refractivity contribution in [3.05, 3.63) is 0 Å². The quantitative estimate of drug-likeness (QED) is 0.498. The van der Waals surface area contributed by atoms with Gasteiger partial charge in [-0.2, -0.15) is 0 Å². The third kappa shape index (κ3) is 2.69. The van der Waals surface area contributed by atoms with Crippen molar-refractivity contribution in [2.45, 2.75) is 18.9 Å². The normalized spacial score (nSPS) is 34.2. The lowest BCUT2D eigenvalue weighted by molar-refractivity contribution is 0.282. The fourth-order valence-corrected chi connectivity index (χ4v) is 2.17. The van der Waals surface area contributed by atoms with Crippen molar-refractivity contribution in [3.63, 3.8) is 0 Å². The molecule has 0 aromatic heterocycles. The molecule has 1 rings (SSSR count). The van der Waals surface area contributed by atoms with Crippen LogP contribution in [-0.4, -0.2) is 18.5 Å². The fourth-order valence-electron chi connectivity index (χ4n) is 0.916. The highest BCUT2D eigenvalue weighted by Crippen LogP contribution is 2.28. The van der Waals surface area contributed by atoms with Gasteiger partial charge in [0.1, 0.15) is 0 Å². The monoisotopic (exact) mass is 182 g/mol. The van der Waals surface area contributed by atoms with E-state index in [9.17, 15) is 0 Å². The van der Waals surface area contributed by atoms with Crippen molar-refractivity contribution in [2.75, 3.05) is 12.5 Å². The number of halogens is 1. The molecule has 3 N–H and O–H groups in total. The number of nitrogens with two attached hydrogens (primary N) is 1. The molecule has 0 bridgehead atoms. The van der Waals surface area contributed by atoms with Gasteiger partial charge in [-0.3, -0.25) is 10.6 Å². The summed E-state index contributed by atoms with van der Waals surface area (Å²) in [6.07, 6.45) is 2.02. The maximum atomic E-state index is 5.57. The van der Waals surface area contributed by atoms with Crippen molar-refractivity contribution in [3.8, 4) is 0 Å². The van der Waals surface area contributed by atoms with Crippen molar-refractivity contribution >= 4 is 20.1 Å². The number of hydrogen-bond donors (Lipinski definition) is 2. The van der Waals surface area contributed by atoms with Crippen molar-refractivity contribution in [1.82, 2.24) is 5.09 Å². The average molecular weight is 183 g/mol. The predicted octanol–water partition coefficient (Wildman–Crippen LogP) is 1.18. The topological polar surface area (TPSA) is 47.3 Å². The lowest BCUT2D eigenvalue weighted by Crippen LogP contribution is -2.33. The van der Waals surface area contributed by atoms with E-state index in [1.807, 2.05) is 0 Å². The summed E-state index contributed by atoms with van der Waals surface area (Å²) in [5.41, 5.74) is 5.54. The van der Waals surface area contributed by atoms with Crippen molar-refractivity contribution < 1.29 is 4.52 Å². The van der Waals surface area contributed by atoms with Crippen molar-refractivity contribution in [2.24, 2.45) is 5.50 Å². The Labute approximate surface area is 67.2 Å². The molecule has 1 fully saturated rings. The Hall–Kier alpha value is 0.600. The van der Waals surface area contributed by atoms with E-state index in [-0.39, 0.29) is 0 Å². The zero-order valence-electron chi connectivity index (χ0n) is 5.72. The molecule has 0 aliphatic carbocycles. The molecule has 0 radical (unpaired) electrons. The lowest BCUT2D eigenvalue weighted by atomic mass is 10.2. The smallest absolute Gasteiger partial charge is 0.179 e. The molecule has 0 saturated carbocycles. The van der Waals surface area contributed by atoms with Crippen LogP contribution in [0.4, 0.5) is 0 Å². The third-order valence-electron chi connectivity index (χ3n) is 1.46. The van der Waals surface area contributed by atoms with Gasteiger partial charge in [0.05, 0.1) is 6.61 Å². The summed E-state index contributed by atoms with van der Waals surface area (Å²) in [4.78, 5) is 0. The first-order valence-electron chi connectivity index (χ1n) is 3.33. The minimum atomic E-state index is -0.851. The van der Waals surface area contributed by atoms with Crippen molar-refractivity contribution in [1.29, 1.82) is 0 Å². The molecule has 60 valence electrons. The van der Waals surface area contributed by atoms with E-state index in [0.29, 0.717) is 11.9 Å². The van der Waals surface area contributed by atoms with E-state index in [1.165, 1.54) is 0 Å². The molecule has 0 amide bonds. The van der Waals surface area contributed by atoms with Gasteiger partial charge in [0.25, 0.3) is 0 Å². The largest absolute Gasteiger partial charge is 0.332 e. The van der Waals surface area contributed by atoms with Crippen LogP contribution in [0.3, 0.4) is 0 Å².